The summed E-state index contributed by atoms with van der Waals surface area (Å²) in [6.07, 6.45) is 7.40. The molecule has 4 aromatic rings. The van der Waals surface area contributed by atoms with Crippen LogP contribution >= 0.6 is 11.3 Å². The number of carboxylic acids is 1. The Hall–Kier alpha value is -3.52. The lowest BCUT2D eigenvalue weighted by Gasteiger charge is -2.33. The molecule has 1 fully saturated rings. The number of anilines is 1. The molecule has 1 amide bonds. The van der Waals surface area contributed by atoms with Crippen molar-refractivity contribution in [2.24, 2.45) is 11.8 Å². The molecule has 1 saturated carbocycles. The molecule has 3 heterocycles. The first-order chi connectivity index (χ1) is 17.3. The molecule has 36 heavy (non-hydrogen) atoms. The van der Waals surface area contributed by atoms with Crippen LogP contribution in [0.1, 0.15) is 56.1 Å². The highest BCUT2D eigenvalue weighted by Gasteiger charge is 2.33. The molecule has 0 spiro atoms. The van der Waals surface area contributed by atoms with Gasteiger partial charge in [-0.15, -0.1) is 11.3 Å². The number of aromatic nitrogens is 3. The van der Waals surface area contributed by atoms with E-state index >= 15 is 0 Å². The molecule has 1 aromatic carbocycles. The van der Waals surface area contributed by atoms with E-state index in [9.17, 15) is 14.7 Å². The summed E-state index contributed by atoms with van der Waals surface area (Å²) in [7, 11) is 0. The van der Waals surface area contributed by atoms with Gasteiger partial charge < -0.3 is 10.0 Å². The van der Waals surface area contributed by atoms with Crippen LogP contribution in [0.2, 0.25) is 0 Å². The summed E-state index contributed by atoms with van der Waals surface area (Å²) in [5.41, 5.74) is 3.98. The molecule has 1 N–H and O–H groups in total. The summed E-state index contributed by atoms with van der Waals surface area (Å²) < 4.78 is 1.72. The van der Waals surface area contributed by atoms with Gasteiger partial charge in [0.05, 0.1) is 17.6 Å². The van der Waals surface area contributed by atoms with Gasteiger partial charge in [0.2, 0.25) is 5.91 Å². The zero-order chi connectivity index (χ0) is 25.4. The zero-order valence-corrected chi connectivity index (χ0v) is 21.5. The van der Waals surface area contributed by atoms with Gasteiger partial charge in [0.15, 0.2) is 5.65 Å². The molecule has 3 aromatic heterocycles. The lowest BCUT2D eigenvalue weighted by Crippen LogP contribution is -2.42. The largest absolute Gasteiger partial charge is 0.477 e. The van der Waals surface area contributed by atoms with Gasteiger partial charge in [0.25, 0.3) is 0 Å². The fourth-order valence-electron chi connectivity index (χ4n) is 4.99. The van der Waals surface area contributed by atoms with Crippen LogP contribution < -0.4 is 4.90 Å². The first-order valence-corrected chi connectivity index (χ1v) is 13.2. The molecule has 0 bridgehead atoms. The van der Waals surface area contributed by atoms with Crippen molar-refractivity contribution in [1.29, 1.82) is 0 Å². The Morgan fingerprint density at radius 3 is 2.42 bits per heavy atom. The molecule has 0 unspecified atom stereocenters. The maximum absolute atomic E-state index is 13.6. The lowest BCUT2D eigenvalue weighted by atomic mass is 9.82. The standard InChI is InChI=1S/C28H30N4O3S/c1-17(2)32(27(33)21-6-4-18(3)5-7-21)23-16-24(36-26(23)28(34)35)20-10-8-19(9-11-20)22-13-15-31-25(30-22)12-14-29-31/h8-18,21H,4-7H2,1-3H3,(H,34,35). The molecule has 186 valence electrons. The number of hydrogen-bond donors (Lipinski definition) is 1. The summed E-state index contributed by atoms with van der Waals surface area (Å²) in [6, 6.07) is 13.4. The van der Waals surface area contributed by atoms with Crippen LogP contribution in [-0.2, 0) is 4.79 Å². The third-order valence-corrected chi connectivity index (χ3v) is 8.17. The quantitative estimate of drug-likeness (QED) is 0.330. The molecule has 5 rings (SSSR count). The number of amides is 1. The molecule has 0 saturated heterocycles. The number of carbonyl (C=O) groups is 2. The molecule has 1 aliphatic rings. The summed E-state index contributed by atoms with van der Waals surface area (Å²) in [4.78, 5) is 33.2. The van der Waals surface area contributed by atoms with Crippen molar-refractivity contribution in [3.8, 4) is 21.7 Å². The van der Waals surface area contributed by atoms with Crippen LogP contribution in [0, 0.1) is 11.8 Å². The molecule has 1 aliphatic carbocycles. The van der Waals surface area contributed by atoms with Gasteiger partial charge in [-0.2, -0.15) is 5.10 Å². The number of fused-ring (bicyclic) bond motifs is 1. The SMILES string of the molecule is CC1CCC(C(=O)N(c2cc(-c3ccc(-c4ccn5nccc5n4)cc3)sc2C(=O)O)C(C)C)CC1. The Labute approximate surface area is 214 Å². The van der Waals surface area contributed by atoms with Crippen LogP contribution in [0.25, 0.3) is 27.3 Å². The second-order valence-corrected chi connectivity index (χ2v) is 11.0. The highest BCUT2D eigenvalue weighted by molar-refractivity contribution is 7.18. The van der Waals surface area contributed by atoms with Crippen molar-refractivity contribution in [2.45, 2.75) is 52.5 Å². The van der Waals surface area contributed by atoms with E-state index in [1.165, 1.54) is 11.3 Å². The third-order valence-electron chi connectivity index (χ3n) is 7.01. The highest BCUT2D eigenvalue weighted by Crippen LogP contribution is 2.40. The fraction of sp³-hybridized carbons (Fsp3) is 0.357. The molecule has 0 aliphatic heterocycles. The minimum Gasteiger partial charge on any atom is -0.477 e. The number of nitrogens with zero attached hydrogens (tertiary/aromatic N) is 4. The minimum atomic E-state index is -1.01. The Morgan fingerprint density at radius 1 is 1.06 bits per heavy atom. The van der Waals surface area contributed by atoms with Crippen molar-refractivity contribution in [3.05, 3.63) is 59.7 Å². The minimum absolute atomic E-state index is 0.0421. The van der Waals surface area contributed by atoms with Gasteiger partial charge >= 0.3 is 5.97 Å². The normalized spacial score (nSPS) is 18.0. The average Bonchev–Trinajstić information content (AvgIpc) is 3.51. The van der Waals surface area contributed by atoms with E-state index in [1.807, 2.05) is 62.5 Å². The smallest absolute Gasteiger partial charge is 0.348 e. The van der Waals surface area contributed by atoms with E-state index in [1.54, 1.807) is 15.6 Å². The van der Waals surface area contributed by atoms with Crippen molar-refractivity contribution in [2.75, 3.05) is 4.90 Å². The van der Waals surface area contributed by atoms with Gasteiger partial charge in [-0.3, -0.25) is 4.79 Å². The Kier molecular flexibility index (Phi) is 6.62. The molecule has 0 radical (unpaired) electrons. The summed E-state index contributed by atoms with van der Waals surface area (Å²) in [6.45, 7) is 6.13. The zero-order valence-electron chi connectivity index (χ0n) is 20.7. The van der Waals surface area contributed by atoms with E-state index < -0.39 is 5.97 Å². The Bertz CT molecular complexity index is 1400. The lowest BCUT2D eigenvalue weighted by molar-refractivity contribution is -0.123. The number of rotatable bonds is 6. The van der Waals surface area contributed by atoms with Crippen molar-refractivity contribution in [3.63, 3.8) is 0 Å². The number of carbonyl (C=O) groups excluding carboxylic acids is 1. The molecular weight excluding hydrogens is 472 g/mol. The van der Waals surface area contributed by atoms with E-state index in [2.05, 4.69) is 17.0 Å². The van der Waals surface area contributed by atoms with Crippen molar-refractivity contribution in [1.82, 2.24) is 14.6 Å². The second kappa shape index (κ2) is 9.85. The molecule has 0 atom stereocenters. The van der Waals surface area contributed by atoms with Gasteiger partial charge in [-0.05, 0) is 63.1 Å². The predicted molar refractivity (Wildman–Crippen MR) is 142 cm³/mol. The maximum Gasteiger partial charge on any atom is 0.348 e. The van der Waals surface area contributed by atoms with Crippen molar-refractivity contribution >= 4 is 34.5 Å². The van der Waals surface area contributed by atoms with Gasteiger partial charge in [0.1, 0.15) is 4.88 Å². The number of thiophene rings is 1. The van der Waals surface area contributed by atoms with Crippen LogP contribution in [0.3, 0.4) is 0 Å². The van der Waals surface area contributed by atoms with E-state index in [-0.39, 0.29) is 22.7 Å². The Morgan fingerprint density at radius 2 is 1.75 bits per heavy atom. The van der Waals surface area contributed by atoms with Crippen LogP contribution in [0.4, 0.5) is 5.69 Å². The topological polar surface area (TPSA) is 87.8 Å². The third kappa shape index (κ3) is 4.65. The fourth-order valence-corrected chi connectivity index (χ4v) is 5.98. The van der Waals surface area contributed by atoms with Crippen LogP contribution in [0.5, 0.6) is 0 Å². The summed E-state index contributed by atoms with van der Waals surface area (Å²) >= 11 is 1.21. The van der Waals surface area contributed by atoms with E-state index in [0.717, 1.165) is 53.0 Å². The average molecular weight is 503 g/mol. The summed E-state index contributed by atoms with van der Waals surface area (Å²) in [5.74, 6) is -0.370. The first-order valence-electron chi connectivity index (χ1n) is 12.4. The van der Waals surface area contributed by atoms with Crippen LogP contribution in [-0.4, -0.2) is 37.6 Å². The molecule has 7 nitrogen and oxygen atoms in total. The predicted octanol–water partition coefficient (Wildman–Crippen LogP) is 6.39. The van der Waals surface area contributed by atoms with E-state index in [0.29, 0.717) is 11.6 Å². The van der Waals surface area contributed by atoms with Crippen molar-refractivity contribution < 1.29 is 14.7 Å². The van der Waals surface area contributed by atoms with Gasteiger partial charge in [0, 0.05) is 34.7 Å². The van der Waals surface area contributed by atoms with Gasteiger partial charge in [-0.25, -0.2) is 14.3 Å². The molecular formula is C28H30N4O3S. The number of aromatic carboxylic acids is 1. The first kappa shape index (κ1) is 24.2. The summed E-state index contributed by atoms with van der Waals surface area (Å²) in [5, 5.41) is 14.2. The molecule has 8 heteroatoms. The Balaban J connectivity index is 1.46. The highest BCUT2D eigenvalue weighted by atomic mass is 32.1. The number of hydrogen-bond acceptors (Lipinski definition) is 5. The monoisotopic (exact) mass is 502 g/mol. The van der Waals surface area contributed by atoms with Crippen LogP contribution in [0.15, 0.2) is 54.9 Å². The second-order valence-electron chi connectivity index (χ2n) is 9.91. The van der Waals surface area contributed by atoms with Gasteiger partial charge in [-0.1, -0.05) is 31.2 Å². The van der Waals surface area contributed by atoms with E-state index in [4.69, 9.17) is 0 Å². The number of carboxylic acid groups (broad SMARTS) is 1. The number of benzene rings is 1. The maximum atomic E-state index is 13.6.